The highest BCUT2D eigenvalue weighted by atomic mass is 31.0. The van der Waals surface area contributed by atoms with E-state index in [2.05, 4.69) is 49.2 Å². The number of carbonyl (C=O) groups is 2. The van der Waals surface area contributed by atoms with Crippen LogP contribution < -0.4 is 5.32 Å². The van der Waals surface area contributed by atoms with E-state index in [-0.39, 0.29) is 34.3 Å². The molecule has 24 heavy (non-hydrogen) atoms. The Morgan fingerprint density at radius 3 is 2.29 bits per heavy atom. The standard InChI is InChI=1S/C19H36NO3P/c1-18(2,3)10-12-23-19(4,5)9-11-20-16(21)14-7-6-8-15(13-14)17(22)24/h14-15H,6-13,24H2,1-5H3,(H,20,21). The lowest BCUT2D eigenvalue weighted by Crippen LogP contribution is -2.38. The quantitative estimate of drug-likeness (QED) is 0.670. The van der Waals surface area contributed by atoms with Crippen molar-refractivity contribution in [2.24, 2.45) is 17.3 Å². The lowest BCUT2D eigenvalue weighted by atomic mass is 9.81. The predicted octanol–water partition coefficient (Wildman–Crippen LogP) is 3.93. The molecule has 0 saturated heterocycles. The lowest BCUT2D eigenvalue weighted by molar-refractivity contribution is -0.127. The van der Waals surface area contributed by atoms with E-state index in [9.17, 15) is 9.59 Å². The van der Waals surface area contributed by atoms with Crippen molar-refractivity contribution in [1.82, 2.24) is 5.32 Å². The maximum atomic E-state index is 12.3. The van der Waals surface area contributed by atoms with Gasteiger partial charge in [-0.05, 0) is 51.4 Å². The van der Waals surface area contributed by atoms with Crippen LogP contribution in [0.1, 0.15) is 73.1 Å². The topological polar surface area (TPSA) is 55.4 Å². The molecule has 0 aromatic carbocycles. The van der Waals surface area contributed by atoms with Gasteiger partial charge >= 0.3 is 0 Å². The van der Waals surface area contributed by atoms with Gasteiger partial charge in [0.2, 0.25) is 5.91 Å². The van der Waals surface area contributed by atoms with Crippen molar-refractivity contribution in [2.45, 2.75) is 78.7 Å². The summed E-state index contributed by atoms with van der Waals surface area (Å²) in [7, 11) is 2.26. The smallest absolute Gasteiger partial charge is 0.223 e. The minimum Gasteiger partial charge on any atom is -0.375 e. The Labute approximate surface area is 150 Å². The van der Waals surface area contributed by atoms with Crippen molar-refractivity contribution in [3.05, 3.63) is 0 Å². The summed E-state index contributed by atoms with van der Waals surface area (Å²) in [6.45, 7) is 12.1. The largest absolute Gasteiger partial charge is 0.375 e. The molecule has 1 rings (SSSR count). The summed E-state index contributed by atoms with van der Waals surface area (Å²) in [4.78, 5) is 23.8. The Kier molecular flexibility index (Phi) is 8.35. The van der Waals surface area contributed by atoms with E-state index in [1.165, 1.54) is 0 Å². The van der Waals surface area contributed by atoms with E-state index < -0.39 is 0 Å². The first kappa shape index (κ1) is 21.6. The normalized spacial score (nSPS) is 22.2. The summed E-state index contributed by atoms with van der Waals surface area (Å²) in [5.41, 5.74) is 0.182. The highest BCUT2D eigenvalue weighted by Gasteiger charge is 2.29. The summed E-state index contributed by atoms with van der Waals surface area (Å²) in [6.07, 6.45) is 5.29. The van der Waals surface area contributed by atoms with Gasteiger partial charge in [-0.2, -0.15) is 0 Å². The highest BCUT2D eigenvalue weighted by Crippen LogP contribution is 2.31. The fourth-order valence-electron chi connectivity index (χ4n) is 3.02. The second-order valence-electron chi connectivity index (χ2n) is 8.92. The van der Waals surface area contributed by atoms with Crippen molar-refractivity contribution in [2.75, 3.05) is 13.2 Å². The SMILES string of the molecule is CC(C)(C)CCOC(C)(C)CCNC(=O)C1CCCC(C(=O)P)C1. The van der Waals surface area contributed by atoms with Crippen LogP contribution >= 0.6 is 9.24 Å². The molecule has 1 fully saturated rings. The van der Waals surface area contributed by atoms with Crippen LogP contribution in [0.15, 0.2) is 0 Å². The molecule has 3 unspecified atom stereocenters. The molecule has 0 bridgehead atoms. The Morgan fingerprint density at radius 1 is 1.08 bits per heavy atom. The third-order valence-corrected chi connectivity index (χ3v) is 5.29. The van der Waals surface area contributed by atoms with Gasteiger partial charge in [0.1, 0.15) is 0 Å². The minimum absolute atomic E-state index is 0.0156. The predicted molar refractivity (Wildman–Crippen MR) is 102 cm³/mol. The molecule has 1 amide bonds. The van der Waals surface area contributed by atoms with Crippen LogP contribution in [0, 0.1) is 17.3 Å². The molecular formula is C19H36NO3P. The van der Waals surface area contributed by atoms with Gasteiger partial charge < -0.3 is 10.1 Å². The first-order valence-electron chi connectivity index (χ1n) is 9.21. The fourth-order valence-corrected chi connectivity index (χ4v) is 3.33. The van der Waals surface area contributed by atoms with Crippen LogP contribution in [0.2, 0.25) is 0 Å². The van der Waals surface area contributed by atoms with Crippen molar-refractivity contribution < 1.29 is 14.3 Å². The summed E-state index contributed by atoms with van der Waals surface area (Å²) in [5, 5.41) is 3.04. The molecule has 0 aliphatic heterocycles. The molecule has 1 N–H and O–H groups in total. The molecule has 1 saturated carbocycles. The zero-order valence-electron chi connectivity index (χ0n) is 16.1. The second kappa shape index (κ2) is 9.29. The number of hydrogen-bond acceptors (Lipinski definition) is 3. The molecule has 4 nitrogen and oxygen atoms in total. The van der Waals surface area contributed by atoms with E-state index >= 15 is 0 Å². The number of amides is 1. The average Bonchev–Trinajstić information content (AvgIpc) is 2.45. The van der Waals surface area contributed by atoms with Gasteiger partial charge in [0, 0.05) is 25.0 Å². The maximum absolute atomic E-state index is 12.3. The summed E-state index contributed by atoms with van der Waals surface area (Å²) in [5.74, 6) is 0.117. The van der Waals surface area contributed by atoms with Crippen LogP contribution in [0.25, 0.3) is 0 Å². The molecule has 0 aromatic rings. The molecule has 0 heterocycles. The first-order chi connectivity index (χ1) is 11.0. The van der Waals surface area contributed by atoms with Gasteiger partial charge in [-0.15, -0.1) is 0 Å². The van der Waals surface area contributed by atoms with Crippen LogP contribution in [0.5, 0.6) is 0 Å². The van der Waals surface area contributed by atoms with Crippen LogP contribution in [0.3, 0.4) is 0 Å². The first-order valence-corrected chi connectivity index (χ1v) is 9.79. The number of nitrogens with one attached hydrogen (secondary N) is 1. The molecule has 3 atom stereocenters. The van der Waals surface area contributed by atoms with Gasteiger partial charge in [0.15, 0.2) is 5.52 Å². The Bertz CT molecular complexity index is 429. The van der Waals surface area contributed by atoms with E-state index in [1.807, 2.05) is 0 Å². The third kappa shape index (κ3) is 8.58. The van der Waals surface area contributed by atoms with Crippen molar-refractivity contribution >= 4 is 20.7 Å². The Balaban J connectivity index is 2.30. The summed E-state index contributed by atoms with van der Waals surface area (Å²) < 4.78 is 5.98. The third-order valence-electron chi connectivity index (χ3n) is 4.82. The Hall–Kier alpha value is -0.470. The van der Waals surface area contributed by atoms with Gasteiger partial charge in [-0.1, -0.05) is 36.4 Å². The molecule has 1 aliphatic rings. The van der Waals surface area contributed by atoms with Gasteiger partial charge in [0.25, 0.3) is 0 Å². The van der Waals surface area contributed by atoms with Crippen molar-refractivity contribution in [3.63, 3.8) is 0 Å². The number of ether oxygens (including phenoxy) is 1. The van der Waals surface area contributed by atoms with Crippen LogP contribution in [-0.4, -0.2) is 30.2 Å². The molecule has 5 heteroatoms. The molecule has 0 spiro atoms. The number of hydrogen-bond donors (Lipinski definition) is 1. The van der Waals surface area contributed by atoms with Crippen molar-refractivity contribution in [1.29, 1.82) is 0 Å². The zero-order valence-corrected chi connectivity index (χ0v) is 17.3. The zero-order chi connectivity index (χ0) is 18.4. The van der Waals surface area contributed by atoms with Gasteiger partial charge in [0.05, 0.1) is 5.60 Å². The van der Waals surface area contributed by atoms with E-state index in [1.54, 1.807) is 0 Å². The molecule has 0 aromatic heterocycles. The van der Waals surface area contributed by atoms with E-state index in [0.717, 1.165) is 38.7 Å². The molecule has 140 valence electrons. The Morgan fingerprint density at radius 2 is 1.71 bits per heavy atom. The maximum Gasteiger partial charge on any atom is 0.223 e. The highest BCUT2D eigenvalue weighted by molar-refractivity contribution is 7.40. The molecule has 0 radical (unpaired) electrons. The lowest BCUT2D eigenvalue weighted by Gasteiger charge is -2.29. The molecule has 1 aliphatic carbocycles. The number of carbonyl (C=O) groups excluding carboxylic acids is 2. The van der Waals surface area contributed by atoms with E-state index in [4.69, 9.17) is 4.74 Å². The molecular weight excluding hydrogens is 321 g/mol. The second-order valence-corrected chi connectivity index (χ2v) is 9.49. The fraction of sp³-hybridized carbons (Fsp3) is 0.895. The summed E-state index contributed by atoms with van der Waals surface area (Å²) in [6, 6.07) is 0. The van der Waals surface area contributed by atoms with Crippen LogP contribution in [-0.2, 0) is 14.3 Å². The minimum atomic E-state index is -0.232. The van der Waals surface area contributed by atoms with Gasteiger partial charge in [-0.3, -0.25) is 9.59 Å². The monoisotopic (exact) mass is 357 g/mol. The van der Waals surface area contributed by atoms with Crippen molar-refractivity contribution in [3.8, 4) is 0 Å². The average molecular weight is 357 g/mol. The van der Waals surface area contributed by atoms with Crippen LogP contribution in [0.4, 0.5) is 0 Å². The van der Waals surface area contributed by atoms with E-state index in [0.29, 0.717) is 13.0 Å². The number of rotatable bonds is 8. The van der Waals surface area contributed by atoms with Gasteiger partial charge in [-0.25, -0.2) is 0 Å². The summed E-state index contributed by atoms with van der Waals surface area (Å²) >= 11 is 0.